The van der Waals surface area contributed by atoms with Gasteiger partial charge in [0, 0.05) is 25.7 Å². The maximum absolute atomic E-state index is 8.95. The average Bonchev–Trinajstić information content (AvgIpc) is 3.22. The first-order chi connectivity index (χ1) is 11.7. The van der Waals surface area contributed by atoms with Gasteiger partial charge in [-0.15, -0.1) is 0 Å². The zero-order valence-corrected chi connectivity index (χ0v) is 14.6. The summed E-state index contributed by atoms with van der Waals surface area (Å²) < 4.78 is 2.06. The second-order valence-electron chi connectivity index (χ2n) is 6.85. The Kier molecular flexibility index (Phi) is 5.50. The van der Waals surface area contributed by atoms with E-state index in [1.54, 1.807) is 0 Å². The Hall–Kier alpha value is -1.89. The molecule has 1 aliphatic rings. The highest BCUT2D eigenvalue weighted by Gasteiger charge is 2.18. The van der Waals surface area contributed by atoms with Crippen molar-refractivity contribution in [3.63, 3.8) is 0 Å². The Labute approximate surface area is 142 Å². The van der Waals surface area contributed by atoms with Crippen molar-refractivity contribution in [2.75, 3.05) is 30.3 Å². The quantitative estimate of drug-likeness (QED) is 0.644. The summed E-state index contributed by atoms with van der Waals surface area (Å²) in [6.07, 6.45) is 7.77. The average molecular weight is 332 g/mol. The molecule has 24 heavy (non-hydrogen) atoms. The molecule has 0 bridgehead atoms. The molecule has 1 aliphatic carbocycles. The Morgan fingerprint density at radius 1 is 1.25 bits per heavy atom. The highest BCUT2D eigenvalue weighted by atomic mass is 16.3. The highest BCUT2D eigenvalue weighted by Crippen LogP contribution is 2.27. The second-order valence-corrected chi connectivity index (χ2v) is 6.85. The minimum absolute atomic E-state index is 0.159. The molecule has 0 atom stereocenters. The standard InChI is InChI=1S/C17H28N6O/c1-12(2)23-11-20-14-15(19-10-13-6-3-4-7-13)21-17(22-16(14)23)18-8-5-9-24/h11-13,24H,3-10H2,1-2H3,(H2,18,19,21,22). The highest BCUT2D eigenvalue weighted by molar-refractivity contribution is 5.84. The monoisotopic (exact) mass is 332 g/mol. The molecule has 0 radical (unpaired) electrons. The van der Waals surface area contributed by atoms with Crippen LogP contribution in [0, 0.1) is 5.92 Å². The Morgan fingerprint density at radius 2 is 2.04 bits per heavy atom. The van der Waals surface area contributed by atoms with Crippen LogP contribution in [0.5, 0.6) is 0 Å². The minimum atomic E-state index is 0.159. The molecule has 0 saturated heterocycles. The third kappa shape index (κ3) is 3.77. The number of imidazole rings is 1. The Bertz CT molecular complexity index is 662. The zero-order chi connectivity index (χ0) is 16.9. The summed E-state index contributed by atoms with van der Waals surface area (Å²) in [5, 5.41) is 15.6. The van der Waals surface area contributed by atoms with Crippen LogP contribution in [0.1, 0.15) is 52.0 Å². The number of hydrogen-bond donors (Lipinski definition) is 3. The molecule has 0 amide bonds. The number of aliphatic hydroxyl groups is 1. The topological polar surface area (TPSA) is 87.9 Å². The summed E-state index contributed by atoms with van der Waals surface area (Å²) >= 11 is 0. The van der Waals surface area contributed by atoms with E-state index in [2.05, 4.69) is 44.0 Å². The van der Waals surface area contributed by atoms with Crippen LogP contribution in [0.2, 0.25) is 0 Å². The molecule has 2 heterocycles. The maximum atomic E-state index is 8.95. The van der Waals surface area contributed by atoms with Crippen molar-refractivity contribution >= 4 is 22.9 Å². The Morgan fingerprint density at radius 3 is 2.75 bits per heavy atom. The van der Waals surface area contributed by atoms with Gasteiger partial charge in [0.15, 0.2) is 17.0 Å². The number of anilines is 2. The molecular weight excluding hydrogens is 304 g/mol. The van der Waals surface area contributed by atoms with E-state index in [0.29, 0.717) is 18.9 Å². The van der Waals surface area contributed by atoms with Crippen molar-refractivity contribution in [3.8, 4) is 0 Å². The number of aliphatic hydroxyl groups excluding tert-OH is 1. The fraction of sp³-hybridized carbons (Fsp3) is 0.706. The molecule has 1 saturated carbocycles. The normalized spacial score (nSPS) is 15.5. The molecule has 3 rings (SSSR count). The van der Waals surface area contributed by atoms with E-state index in [0.717, 1.165) is 29.4 Å². The molecule has 2 aromatic heterocycles. The predicted octanol–water partition coefficient (Wildman–Crippen LogP) is 2.80. The summed E-state index contributed by atoms with van der Waals surface area (Å²) in [6, 6.07) is 0.290. The number of aromatic nitrogens is 4. The van der Waals surface area contributed by atoms with E-state index in [1.807, 2.05) is 6.33 Å². The fourth-order valence-corrected chi connectivity index (χ4v) is 3.23. The van der Waals surface area contributed by atoms with Crippen LogP contribution in [0.25, 0.3) is 11.2 Å². The maximum Gasteiger partial charge on any atom is 0.226 e. The first-order valence-corrected chi connectivity index (χ1v) is 9.02. The van der Waals surface area contributed by atoms with Crippen molar-refractivity contribution in [1.82, 2.24) is 19.5 Å². The summed E-state index contributed by atoms with van der Waals surface area (Å²) in [5.41, 5.74) is 1.68. The van der Waals surface area contributed by atoms with Crippen LogP contribution >= 0.6 is 0 Å². The lowest BCUT2D eigenvalue weighted by Crippen LogP contribution is -2.14. The first kappa shape index (κ1) is 17.0. The van der Waals surface area contributed by atoms with Gasteiger partial charge in [-0.2, -0.15) is 9.97 Å². The number of hydrogen-bond acceptors (Lipinski definition) is 6. The van der Waals surface area contributed by atoms with E-state index < -0.39 is 0 Å². The van der Waals surface area contributed by atoms with Gasteiger partial charge in [-0.1, -0.05) is 12.8 Å². The van der Waals surface area contributed by atoms with Crippen LogP contribution in [-0.2, 0) is 0 Å². The summed E-state index contributed by atoms with van der Waals surface area (Å²) in [5.74, 6) is 2.12. The van der Waals surface area contributed by atoms with Gasteiger partial charge in [0.25, 0.3) is 0 Å². The Balaban J connectivity index is 1.85. The molecular formula is C17H28N6O. The smallest absolute Gasteiger partial charge is 0.226 e. The van der Waals surface area contributed by atoms with Crippen LogP contribution in [-0.4, -0.2) is 44.3 Å². The molecule has 132 valence electrons. The zero-order valence-electron chi connectivity index (χ0n) is 14.6. The van der Waals surface area contributed by atoms with Crippen LogP contribution in [0.3, 0.4) is 0 Å². The van der Waals surface area contributed by atoms with Gasteiger partial charge in [0.1, 0.15) is 0 Å². The molecule has 0 spiro atoms. The molecule has 3 N–H and O–H groups in total. The van der Waals surface area contributed by atoms with Gasteiger partial charge >= 0.3 is 0 Å². The van der Waals surface area contributed by atoms with Gasteiger partial charge in [0.2, 0.25) is 5.95 Å². The lowest BCUT2D eigenvalue weighted by atomic mass is 10.1. The van der Waals surface area contributed by atoms with Gasteiger partial charge in [-0.05, 0) is 39.0 Å². The van der Waals surface area contributed by atoms with Gasteiger partial charge in [-0.3, -0.25) is 0 Å². The van der Waals surface area contributed by atoms with E-state index in [-0.39, 0.29) is 12.6 Å². The predicted molar refractivity (Wildman–Crippen MR) is 96.3 cm³/mol. The number of nitrogens with one attached hydrogen (secondary N) is 2. The van der Waals surface area contributed by atoms with E-state index in [4.69, 9.17) is 5.11 Å². The van der Waals surface area contributed by atoms with E-state index in [1.165, 1.54) is 25.7 Å². The summed E-state index contributed by atoms with van der Waals surface area (Å²) in [7, 11) is 0. The number of fused-ring (bicyclic) bond motifs is 1. The van der Waals surface area contributed by atoms with Crippen LogP contribution < -0.4 is 10.6 Å². The van der Waals surface area contributed by atoms with Gasteiger partial charge in [0.05, 0.1) is 6.33 Å². The third-order valence-corrected chi connectivity index (χ3v) is 4.63. The van der Waals surface area contributed by atoms with Crippen LogP contribution in [0.15, 0.2) is 6.33 Å². The van der Waals surface area contributed by atoms with Crippen molar-refractivity contribution in [2.24, 2.45) is 5.92 Å². The van der Waals surface area contributed by atoms with Gasteiger partial charge in [-0.25, -0.2) is 4.98 Å². The van der Waals surface area contributed by atoms with E-state index >= 15 is 0 Å². The molecule has 0 aliphatic heterocycles. The minimum Gasteiger partial charge on any atom is -0.396 e. The lowest BCUT2D eigenvalue weighted by molar-refractivity contribution is 0.292. The van der Waals surface area contributed by atoms with Gasteiger partial charge < -0.3 is 20.3 Å². The lowest BCUT2D eigenvalue weighted by Gasteiger charge is -2.14. The third-order valence-electron chi connectivity index (χ3n) is 4.63. The molecule has 0 unspecified atom stereocenters. The van der Waals surface area contributed by atoms with Crippen molar-refractivity contribution < 1.29 is 5.11 Å². The van der Waals surface area contributed by atoms with Crippen molar-refractivity contribution in [1.29, 1.82) is 0 Å². The van der Waals surface area contributed by atoms with E-state index in [9.17, 15) is 0 Å². The second kappa shape index (κ2) is 7.79. The van der Waals surface area contributed by atoms with Crippen molar-refractivity contribution in [3.05, 3.63) is 6.33 Å². The molecule has 7 nitrogen and oxygen atoms in total. The summed E-state index contributed by atoms with van der Waals surface area (Å²) in [4.78, 5) is 13.8. The van der Waals surface area contributed by atoms with Crippen LogP contribution in [0.4, 0.5) is 11.8 Å². The SMILES string of the molecule is CC(C)n1cnc2c(NCC3CCCC3)nc(NCCCO)nc21. The number of nitrogens with zero attached hydrogens (tertiary/aromatic N) is 4. The largest absolute Gasteiger partial charge is 0.396 e. The summed E-state index contributed by atoms with van der Waals surface area (Å²) in [6.45, 7) is 5.99. The first-order valence-electron chi connectivity index (χ1n) is 9.02. The fourth-order valence-electron chi connectivity index (χ4n) is 3.23. The van der Waals surface area contributed by atoms with Crippen molar-refractivity contribution in [2.45, 2.75) is 52.0 Å². The molecule has 0 aromatic carbocycles. The molecule has 1 fully saturated rings. The molecule has 2 aromatic rings. The number of rotatable bonds is 8. The molecule has 7 heteroatoms.